The number of halogens is 2. The molecule has 2 aromatic rings. The first kappa shape index (κ1) is 17.5. The number of nitrogens with one attached hydrogen (secondary N) is 2. The quantitative estimate of drug-likeness (QED) is 0.440. The molecule has 0 amide bonds. The van der Waals surface area contributed by atoms with Crippen LogP contribution in [0, 0.1) is 5.82 Å². The number of aliphatic imine (C=N–C) groups is 1. The lowest BCUT2D eigenvalue weighted by Gasteiger charge is -2.12. The zero-order valence-electron chi connectivity index (χ0n) is 13.1. The van der Waals surface area contributed by atoms with Crippen molar-refractivity contribution in [3.05, 3.63) is 52.5 Å². The van der Waals surface area contributed by atoms with E-state index in [1.54, 1.807) is 25.4 Å². The maximum absolute atomic E-state index is 13.2. The van der Waals surface area contributed by atoms with Crippen LogP contribution in [0.15, 0.2) is 46.1 Å². The van der Waals surface area contributed by atoms with Gasteiger partial charge < -0.3 is 10.6 Å². The molecule has 5 nitrogen and oxygen atoms in total. The summed E-state index contributed by atoms with van der Waals surface area (Å²) in [5, 5.41) is 10.7. The number of hydrogen-bond acceptors (Lipinski definition) is 2. The second-order valence-electron chi connectivity index (χ2n) is 5.05. The van der Waals surface area contributed by atoms with Gasteiger partial charge in [0.2, 0.25) is 0 Å². The Bertz CT molecular complexity index is 627. The third-order valence-corrected chi connectivity index (χ3v) is 3.94. The van der Waals surface area contributed by atoms with Crippen LogP contribution in [0.25, 0.3) is 0 Å². The summed E-state index contributed by atoms with van der Waals surface area (Å²) in [5.74, 6) is 0.531. The Morgan fingerprint density at radius 2 is 2.17 bits per heavy atom. The Kier molecular flexibility index (Phi) is 7.06. The van der Waals surface area contributed by atoms with E-state index >= 15 is 0 Å². The highest BCUT2D eigenvalue weighted by atomic mass is 79.9. The first-order valence-electron chi connectivity index (χ1n) is 7.55. The van der Waals surface area contributed by atoms with Crippen molar-refractivity contribution in [3.8, 4) is 0 Å². The SMILES string of the molecule is CN=C(NCCCn1cccn1)NCCc1ccc(F)c(Br)c1. The maximum atomic E-state index is 13.2. The first-order chi connectivity index (χ1) is 11.2. The zero-order valence-corrected chi connectivity index (χ0v) is 14.7. The minimum Gasteiger partial charge on any atom is -0.356 e. The molecule has 2 N–H and O–H groups in total. The van der Waals surface area contributed by atoms with E-state index < -0.39 is 0 Å². The summed E-state index contributed by atoms with van der Waals surface area (Å²) in [6.07, 6.45) is 5.50. The summed E-state index contributed by atoms with van der Waals surface area (Å²) in [6, 6.07) is 6.99. The topological polar surface area (TPSA) is 54.2 Å². The monoisotopic (exact) mass is 381 g/mol. The van der Waals surface area contributed by atoms with Crippen LogP contribution in [0.1, 0.15) is 12.0 Å². The van der Waals surface area contributed by atoms with Gasteiger partial charge in [-0.3, -0.25) is 9.67 Å². The molecule has 1 heterocycles. The van der Waals surface area contributed by atoms with E-state index in [0.29, 0.717) is 4.47 Å². The Labute approximate surface area is 144 Å². The number of aryl methyl sites for hydroxylation is 1. The average Bonchev–Trinajstić information content (AvgIpc) is 3.06. The molecule has 1 aromatic heterocycles. The van der Waals surface area contributed by atoms with Crippen LogP contribution >= 0.6 is 15.9 Å². The second kappa shape index (κ2) is 9.29. The Morgan fingerprint density at radius 1 is 1.35 bits per heavy atom. The minimum absolute atomic E-state index is 0.239. The Hall–Kier alpha value is -1.89. The highest BCUT2D eigenvalue weighted by Crippen LogP contribution is 2.16. The van der Waals surface area contributed by atoms with Gasteiger partial charge in [-0.25, -0.2) is 4.39 Å². The van der Waals surface area contributed by atoms with Gasteiger partial charge in [0.25, 0.3) is 0 Å². The smallest absolute Gasteiger partial charge is 0.190 e. The van der Waals surface area contributed by atoms with Crippen molar-refractivity contribution in [2.45, 2.75) is 19.4 Å². The molecule has 0 aliphatic heterocycles. The molecule has 0 bridgehead atoms. The summed E-state index contributed by atoms with van der Waals surface area (Å²) < 4.78 is 15.6. The van der Waals surface area contributed by atoms with Gasteiger partial charge >= 0.3 is 0 Å². The van der Waals surface area contributed by atoms with Crippen LogP contribution in [-0.2, 0) is 13.0 Å². The number of benzene rings is 1. The highest BCUT2D eigenvalue weighted by Gasteiger charge is 2.02. The van der Waals surface area contributed by atoms with Crippen molar-refractivity contribution in [3.63, 3.8) is 0 Å². The van der Waals surface area contributed by atoms with E-state index in [9.17, 15) is 4.39 Å². The van der Waals surface area contributed by atoms with Gasteiger partial charge in [0.05, 0.1) is 4.47 Å². The predicted octanol–water partition coefficient (Wildman–Crippen LogP) is 2.58. The van der Waals surface area contributed by atoms with E-state index in [4.69, 9.17) is 0 Å². The lowest BCUT2D eigenvalue weighted by molar-refractivity contribution is 0.570. The second-order valence-corrected chi connectivity index (χ2v) is 5.90. The molecule has 23 heavy (non-hydrogen) atoms. The normalized spacial score (nSPS) is 11.5. The van der Waals surface area contributed by atoms with Gasteiger partial charge in [-0.2, -0.15) is 5.10 Å². The summed E-state index contributed by atoms with van der Waals surface area (Å²) in [4.78, 5) is 4.19. The van der Waals surface area contributed by atoms with E-state index in [1.807, 2.05) is 16.9 Å². The van der Waals surface area contributed by atoms with E-state index in [1.165, 1.54) is 6.07 Å². The van der Waals surface area contributed by atoms with Crippen molar-refractivity contribution in [1.82, 2.24) is 20.4 Å². The van der Waals surface area contributed by atoms with Crippen LogP contribution in [-0.4, -0.2) is 35.9 Å². The third kappa shape index (κ3) is 6.02. The number of rotatable bonds is 7. The van der Waals surface area contributed by atoms with Crippen molar-refractivity contribution >= 4 is 21.9 Å². The largest absolute Gasteiger partial charge is 0.356 e. The molecule has 0 fully saturated rings. The van der Waals surface area contributed by atoms with Crippen LogP contribution in [0.4, 0.5) is 4.39 Å². The fraction of sp³-hybridized carbons (Fsp3) is 0.375. The van der Waals surface area contributed by atoms with Gasteiger partial charge in [-0.15, -0.1) is 0 Å². The summed E-state index contributed by atoms with van der Waals surface area (Å²) in [7, 11) is 1.75. The van der Waals surface area contributed by atoms with Crippen LogP contribution in [0.2, 0.25) is 0 Å². The van der Waals surface area contributed by atoms with Crippen molar-refractivity contribution in [1.29, 1.82) is 0 Å². The molecule has 0 unspecified atom stereocenters. The Balaban J connectivity index is 1.65. The zero-order chi connectivity index (χ0) is 16.5. The van der Waals surface area contributed by atoms with E-state index in [0.717, 1.165) is 44.0 Å². The molecule has 0 spiro atoms. The fourth-order valence-corrected chi connectivity index (χ4v) is 2.55. The number of aromatic nitrogens is 2. The molecular formula is C16H21BrFN5. The molecule has 0 saturated carbocycles. The van der Waals surface area contributed by atoms with Crippen LogP contribution < -0.4 is 10.6 Å². The molecule has 0 aliphatic rings. The molecule has 0 aliphatic carbocycles. The van der Waals surface area contributed by atoms with Gasteiger partial charge in [-0.1, -0.05) is 6.07 Å². The number of guanidine groups is 1. The predicted molar refractivity (Wildman–Crippen MR) is 94.0 cm³/mol. The summed E-state index contributed by atoms with van der Waals surface area (Å²) >= 11 is 3.20. The third-order valence-electron chi connectivity index (χ3n) is 3.33. The molecule has 1 aromatic carbocycles. The first-order valence-corrected chi connectivity index (χ1v) is 8.34. The van der Waals surface area contributed by atoms with Crippen LogP contribution in [0.5, 0.6) is 0 Å². The molecular weight excluding hydrogens is 361 g/mol. The Morgan fingerprint density at radius 3 is 2.87 bits per heavy atom. The van der Waals surface area contributed by atoms with Crippen molar-refractivity contribution < 1.29 is 4.39 Å². The van der Waals surface area contributed by atoms with Gasteiger partial charge in [-0.05, 0) is 52.5 Å². The average molecular weight is 382 g/mol. The fourth-order valence-electron chi connectivity index (χ4n) is 2.12. The van der Waals surface area contributed by atoms with Gasteiger partial charge in [0, 0.05) is 39.1 Å². The molecule has 0 radical (unpaired) electrons. The maximum Gasteiger partial charge on any atom is 0.190 e. The molecule has 0 atom stereocenters. The van der Waals surface area contributed by atoms with Crippen molar-refractivity contribution in [2.24, 2.45) is 4.99 Å². The molecule has 0 saturated heterocycles. The summed E-state index contributed by atoms with van der Waals surface area (Å²) in [5.41, 5.74) is 1.07. The molecule has 7 heteroatoms. The summed E-state index contributed by atoms with van der Waals surface area (Å²) in [6.45, 7) is 2.43. The highest BCUT2D eigenvalue weighted by molar-refractivity contribution is 9.10. The molecule has 124 valence electrons. The lowest BCUT2D eigenvalue weighted by Crippen LogP contribution is -2.39. The standard InChI is InChI=1S/C16H21BrFN5/c1-19-16(20-7-2-10-23-11-3-8-22-23)21-9-6-13-4-5-15(18)14(17)12-13/h3-5,8,11-12H,2,6-7,9-10H2,1H3,(H2,19,20,21). The van der Waals surface area contributed by atoms with Crippen LogP contribution in [0.3, 0.4) is 0 Å². The van der Waals surface area contributed by atoms with E-state index in [-0.39, 0.29) is 5.82 Å². The minimum atomic E-state index is -0.239. The van der Waals surface area contributed by atoms with Crippen molar-refractivity contribution in [2.75, 3.05) is 20.1 Å². The van der Waals surface area contributed by atoms with E-state index in [2.05, 4.69) is 36.7 Å². The lowest BCUT2D eigenvalue weighted by atomic mass is 10.1. The van der Waals surface area contributed by atoms with Gasteiger partial charge in [0.15, 0.2) is 5.96 Å². The number of hydrogen-bond donors (Lipinski definition) is 2. The molecule has 2 rings (SSSR count). The van der Waals surface area contributed by atoms with Gasteiger partial charge in [0.1, 0.15) is 5.82 Å². The number of nitrogens with zero attached hydrogens (tertiary/aromatic N) is 3.